The number of unbranched alkanes of at least 4 members (excludes halogenated alkanes) is 1. The summed E-state index contributed by atoms with van der Waals surface area (Å²) in [5, 5.41) is 4.09. The summed E-state index contributed by atoms with van der Waals surface area (Å²) in [6.45, 7) is 11.1. The van der Waals surface area contributed by atoms with Gasteiger partial charge in [0.25, 0.3) is 0 Å². The first kappa shape index (κ1) is 29.4. The van der Waals surface area contributed by atoms with Gasteiger partial charge in [0, 0.05) is 32.6 Å². The summed E-state index contributed by atoms with van der Waals surface area (Å²) in [4.78, 5) is 40.7. The molecule has 0 bridgehead atoms. The van der Waals surface area contributed by atoms with Crippen molar-refractivity contribution in [2.75, 3.05) is 0 Å². The molecule has 0 fully saturated rings. The molecule has 0 saturated heterocycles. The largest absolute Gasteiger partial charge is 0.455 e. The summed E-state index contributed by atoms with van der Waals surface area (Å²) in [5.41, 5.74) is 5.79. The fraction of sp³-hybridized carbons (Fsp3) is 0.333. The molecule has 8 nitrogen and oxygen atoms in total. The number of rotatable bonds is 7. The van der Waals surface area contributed by atoms with Gasteiger partial charge in [-0.3, -0.25) is 0 Å². The first-order valence-electron chi connectivity index (χ1n) is 15.1. The highest BCUT2D eigenvalue weighted by atomic mass is 16.6. The summed E-state index contributed by atoms with van der Waals surface area (Å²) >= 11 is 0. The Hall–Kier alpha value is -4.72. The van der Waals surface area contributed by atoms with Gasteiger partial charge in [-0.15, -0.1) is 0 Å². The SMILES string of the molecule is CC(C)(C)OC(=O)c1cc2c(cn1)[nH]c1ccc(CCCCc3ccc4[nH]c5cnc(C(=O)OC(C)(C)C)cc5c4c3)cc12. The number of nitrogens with zero attached hydrogens (tertiary/aromatic N) is 2. The van der Waals surface area contributed by atoms with Crippen LogP contribution in [0.15, 0.2) is 60.9 Å². The minimum Gasteiger partial charge on any atom is -0.455 e. The Balaban J connectivity index is 1.14. The average Bonchev–Trinajstić information content (AvgIpc) is 3.50. The summed E-state index contributed by atoms with van der Waals surface area (Å²) in [7, 11) is 0. The lowest BCUT2D eigenvalue weighted by Gasteiger charge is -2.19. The Labute approximate surface area is 256 Å². The number of H-pyrrole nitrogens is 2. The number of aromatic amines is 2. The van der Waals surface area contributed by atoms with Crippen LogP contribution in [-0.2, 0) is 22.3 Å². The quantitative estimate of drug-likeness (QED) is 0.143. The van der Waals surface area contributed by atoms with E-state index in [1.54, 1.807) is 12.4 Å². The highest BCUT2D eigenvalue weighted by Gasteiger charge is 2.21. The lowest BCUT2D eigenvalue weighted by molar-refractivity contribution is 0.00507. The molecule has 4 aromatic heterocycles. The highest BCUT2D eigenvalue weighted by molar-refractivity contribution is 6.10. The van der Waals surface area contributed by atoms with Crippen LogP contribution in [0.4, 0.5) is 0 Å². The minimum absolute atomic E-state index is 0.309. The second-order valence-corrected chi connectivity index (χ2v) is 13.5. The van der Waals surface area contributed by atoms with Crippen LogP contribution in [0.3, 0.4) is 0 Å². The van der Waals surface area contributed by atoms with E-state index in [0.29, 0.717) is 11.4 Å². The molecule has 44 heavy (non-hydrogen) atoms. The van der Waals surface area contributed by atoms with Crippen molar-refractivity contribution in [1.82, 2.24) is 19.9 Å². The van der Waals surface area contributed by atoms with Gasteiger partial charge < -0.3 is 19.4 Å². The number of nitrogens with one attached hydrogen (secondary N) is 2. The maximum atomic E-state index is 12.6. The molecule has 0 unspecified atom stereocenters. The van der Waals surface area contributed by atoms with Crippen molar-refractivity contribution in [3.05, 3.63) is 83.4 Å². The number of carbonyl (C=O) groups is 2. The molecule has 8 heteroatoms. The molecular weight excluding hydrogens is 552 g/mol. The molecule has 0 saturated carbocycles. The number of carbonyl (C=O) groups excluding carboxylic acids is 2. The van der Waals surface area contributed by atoms with E-state index in [1.807, 2.05) is 53.7 Å². The van der Waals surface area contributed by atoms with Gasteiger partial charge >= 0.3 is 11.9 Å². The monoisotopic (exact) mass is 590 g/mol. The number of fused-ring (bicyclic) bond motifs is 6. The molecule has 0 radical (unpaired) electrons. The fourth-order valence-corrected chi connectivity index (χ4v) is 5.55. The zero-order valence-electron chi connectivity index (χ0n) is 26.1. The van der Waals surface area contributed by atoms with E-state index in [2.05, 4.69) is 56.3 Å². The van der Waals surface area contributed by atoms with E-state index in [1.165, 1.54) is 11.1 Å². The minimum atomic E-state index is -0.578. The zero-order chi connectivity index (χ0) is 31.2. The van der Waals surface area contributed by atoms with Crippen LogP contribution in [0.2, 0.25) is 0 Å². The standard InChI is InChI=1S/C36H38N4O4/c1-35(2,3)43-33(41)29-17-25-23-15-21(11-13-27(23)39-31(25)19-37-29)9-7-8-10-22-12-14-28-24(16-22)26-18-30(38-20-32(26)40-28)34(42)44-36(4,5)6/h11-20,39-40H,7-10H2,1-6H3. The molecule has 0 spiro atoms. The van der Waals surface area contributed by atoms with Crippen molar-refractivity contribution in [3.63, 3.8) is 0 Å². The fourth-order valence-electron chi connectivity index (χ4n) is 5.55. The molecule has 6 rings (SSSR count). The molecular formula is C36H38N4O4. The van der Waals surface area contributed by atoms with Crippen LogP contribution >= 0.6 is 0 Å². The Bertz CT molecular complexity index is 1890. The van der Waals surface area contributed by atoms with Gasteiger partial charge in [0.2, 0.25) is 0 Å². The first-order chi connectivity index (χ1) is 20.8. The van der Waals surface area contributed by atoms with E-state index in [0.717, 1.165) is 69.3 Å². The van der Waals surface area contributed by atoms with Crippen molar-refractivity contribution < 1.29 is 19.1 Å². The van der Waals surface area contributed by atoms with Gasteiger partial charge in [0.15, 0.2) is 0 Å². The third kappa shape index (κ3) is 6.30. The van der Waals surface area contributed by atoms with Crippen molar-refractivity contribution in [3.8, 4) is 0 Å². The molecule has 0 aliphatic carbocycles. The number of hydrogen-bond donors (Lipinski definition) is 2. The lowest BCUT2D eigenvalue weighted by atomic mass is 10.0. The number of benzene rings is 2. The molecule has 0 aliphatic rings. The van der Waals surface area contributed by atoms with Crippen LogP contribution in [0.5, 0.6) is 0 Å². The Morgan fingerprint density at radius 3 is 1.36 bits per heavy atom. The summed E-state index contributed by atoms with van der Waals surface area (Å²) in [6.07, 6.45) is 7.38. The molecule has 0 amide bonds. The van der Waals surface area contributed by atoms with Crippen molar-refractivity contribution >= 4 is 55.6 Å². The van der Waals surface area contributed by atoms with Gasteiger partial charge in [-0.1, -0.05) is 12.1 Å². The maximum Gasteiger partial charge on any atom is 0.357 e. The molecule has 226 valence electrons. The number of aryl methyl sites for hydroxylation is 2. The normalized spacial score (nSPS) is 12.4. The van der Waals surface area contributed by atoms with Crippen molar-refractivity contribution in [2.45, 2.75) is 78.4 Å². The van der Waals surface area contributed by atoms with Gasteiger partial charge in [0.05, 0.1) is 23.4 Å². The second kappa shape index (κ2) is 11.1. The van der Waals surface area contributed by atoms with Crippen molar-refractivity contribution in [1.29, 1.82) is 0 Å². The van der Waals surface area contributed by atoms with Crippen LogP contribution in [0.1, 0.15) is 86.5 Å². The predicted molar refractivity (Wildman–Crippen MR) is 174 cm³/mol. The van der Waals surface area contributed by atoms with Crippen LogP contribution in [-0.4, -0.2) is 43.1 Å². The summed E-state index contributed by atoms with van der Waals surface area (Å²) < 4.78 is 11.0. The number of hydrogen-bond acceptors (Lipinski definition) is 6. The Kier molecular flexibility index (Phi) is 7.40. The highest BCUT2D eigenvalue weighted by Crippen LogP contribution is 2.29. The van der Waals surface area contributed by atoms with Gasteiger partial charge in [-0.25, -0.2) is 19.6 Å². The van der Waals surface area contributed by atoms with Crippen LogP contribution in [0, 0.1) is 0 Å². The second-order valence-electron chi connectivity index (χ2n) is 13.5. The molecule has 0 atom stereocenters. The van der Waals surface area contributed by atoms with E-state index >= 15 is 0 Å². The smallest absolute Gasteiger partial charge is 0.357 e. The van der Waals surface area contributed by atoms with E-state index in [-0.39, 0.29) is 0 Å². The predicted octanol–water partition coefficient (Wildman–Crippen LogP) is 8.22. The number of aromatic nitrogens is 4. The Morgan fingerprint density at radius 1 is 0.591 bits per heavy atom. The van der Waals surface area contributed by atoms with E-state index in [4.69, 9.17) is 9.47 Å². The summed E-state index contributed by atoms with van der Waals surface area (Å²) in [5.74, 6) is -0.841. The number of ether oxygens (including phenoxy) is 2. The molecule has 2 N–H and O–H groups in total. The van der Waals surface area contributed by atoms with E-state index in [9.17, 15) is 9.59 Å². The maximum absolute atomic E-state index is 12.6. The molecule has 4 heterocycles. The Morgan fingerprint density at radius 2 is 0.977 bits per heavy atom. The first-order valence-corrected chi connectivity index (χ1v) is 15.1. The van der Waals surface area contributed by atoms with Crippen LogP contribution < -0.4 is 0 Å². The zero-order valence-corrected chi connectivity index (χ0v) is 26.1. The summed E-state index contributed by atoms with van der Waals surface area (Å²) in [6, 6.07) is 16.6. The molecule has 0 aliphatic heterocycles. The van der Waals surface area contributed by atoms with Gasteiger partial charge in [-0.05, 0) is 115 Å². The third-order valence-electron chi connectivity index (χ3n) is 7.49. The molecule has 2 aromatic carbocycles. The topological polar surface area (TPSA) is 110 Å². The number of esters is 2. The average molecular weight is 591 g/mol. The van der Waals surface area contributed by atoms with Crippen molar-refractivity contribution in [2.24, 2.45) is 0 Å². The number of pyridine rings is 2. The van der Waals surface area contributed by atoms with Crippen LogP contribution in [0.25, 0.3) is 43.6 Å². The van der Waals surface area contributed by atoms with Gasteiger partial charge in [-0.2, -0.15) is 0 Å². The lowest BCUT2D eigenvalue weighted by Crippen LogP contribution is -2.24. The molecule has 6 aromatic rings. The van der Waals surface area contributed by atoms with Gasteiger partial charge in [0.1, 0.15) is 22.6 Å². The third-order valence-corrected chi connectivity index (χ3v) is 7.49. The van der Waals surface area contributed by atoms with E-state index < -0.39 is 23.1 Å².